The van der Waals surface area contributed by atoms with E-state index in [-0.39, 0.29) is 11.6 Å². The zero-order chi connectivity index (χ0) is 9.35. The van der Waals surface area contributed by atoms with E-state index in [1.165, 1.54) is 11.7 Å². The van der Waals surface area contributed by atoms with Gasteiger partial charge in [0.05, 0.1) is 11.6 Å². The summed E-state index contributed by atoms with van der Waals surface area (Å²) in [6.45, 7) is 0. The van der Waals surface area contributed by atoms with Crippen LogP contribution in [-0.4, -0.2) is 18.2 Å². The van der Waals surface area contributed by atoms with Crippen LogP contribution in [0.4, 0.5) is 3.89 Å². The van der Waals surface area contributed by atoms with Gasteiger partial charge in [-0.2, -0.15) is 13.5 Å². The Kier molecular flexibility index (Phi) is 2.39. The van der Waals surface area contributed by atoms with E-state index in [1.807, 2.05) is 0 Å². The van der Waals surface area contributed by atoms with Gasteiger partial charge in [-0.3, -0.25) is 4.68 Å². The number of halogens is 2. The van der Waals surface area contributed by atoms with Crippen LogP contribution in [0, 0.1) is 0 Å². The Hall–Kier alpha value is -0.620. The largest absolute Gasteiger partial charge is 0.335 e. The van der Waals surface area contributed by atoms with Crippen molar-refractivity contribution in [1.82, 2.24) is 9.78 Å². The molecule has 0 spiro atoms. The van der Waals surface area contributed by atoms with E-state index in [2.05, 4.69) is 5.10 Å². The third-order valence-electron chi connectivity index (χ3n) is 1.26. The molecule has 1 aromatic heterocycles. The number of alkyl halides is 1. The number of rotatable bonds is 2. The molecule has 0 aromatic carbocycles. The quantitative estimate of drug-likeness (QED) is 0.539. The highest BCUT2D eigenvalue weighted by molar-refractivity contribution is 7.86. The van der Waals surface area contributed by atoms with Crippen molar-refractivity contribution in [3.63, 3.8) is 0 Å². The SMILES string of the molecule is Cn1cc(S(=O)(=O)F)c(CCl)n1. The van der Waals surface area contributed by atoms with Crippen LogP contribution in [0.5, 0.6) is 0 Å². The highest BCUT2D eigenvalue weighted by Gasteiger charge is 2.20. The van der Waals surface area contributed by atoms with Crippen molar-refractivity contribution >= 4 is 21.8 Å². The van der Waals surface area contributed by atoms with E-state index >= 15 is 0 Å². The van der Waals surface area contributed by atoms with Crippen LogP contribution < -0.4 is 0 Å². The molecule has 1 aromatic rings. The van der Waals surface area contributed by atoms with Gasteiger partial charge in [-0.05, 0) is 0 Å². The van der Waals surface area contributed by atoms with E-state index in [0.717, 1.165) is 6.20 Å². The molecule has 0 saturated carbocycles. The maximum Gasteiger partial charge on any atom is 0.335 e. The number of aryl methyl sites for hydroxylation is 1. The van der Waals surface area contributed by atoms with E-state index < -0.39 is 15.1 Å². The van der Waals surface area contributed by atoms with Crippen molar-refractivity contribution in [1.29, 1.82) is 0 Å². The summed E-state index contributed by atoms with van der Waals surface area (Å²) in [4.78, 5) is -0.458. The van der Waals surface area contributed by atoms with Crippen LogP contribution >= 0.6 is 11.6 Å². The Labute approximate surface area is 74.2 Å². The summed E-state index contributed by atoms with van der Waals surface area (Å²) in [5.41, 5.74) is 0.0293. The molecule has 4 nitrogen and oxygen atoms in total. The molecule has 1 rings (SSSR count). The van der Waals surface area contributed by atoms with Gasteiger partial charge in [0.2, 0.25) is 0 Å². The van der Waals surface area contributed by atoms with Crippen molar-refractivity contribution in [3.05, 3.63) is 11.9 Å². The molecule has 0 saturated heterocycles. The van der Waals surface area contributed by atoms with Crippen molar-refractivity contribution in [2.75, 3.05) is 0 Å². The van der Waals surface area contributed by atoms with Crippen LogP contribution in [0.25, 0.3) is 0 Å². The lowest BCUT2D eigenvalue weighted by atomic mass is 10.5. The molecule has 0 aliphatic rings. The molecule has 68 valence electrons. The average Bonchev–Trinajstić information content (AvgIpc) is 2.29. The van der Waals surface area contributed by atoms with Gasteiger partial charge in [-0.1, -0.05) is 0 Å². The predicted molar refractivity (Wildman–Crippen MR) is 41.1 cm³/mol. The summed E-state index contributed by atoms with van der Waals surface area (Å²) in [5.74, 6) is -0.126. The molecule has 0 radical (unpaired) electrons. The zero-order valence-corrected chi connectivity index (χ0v) is 7.73. The number of aromatic nitrogens is 2. The molecular formula is C5H6ClFN2O2S. The smallest absolute Gasteiger partial charge is 0.274 e. The number of hydrogen-bond donors (Lipinski definition) is 0. The summed E-state index contributed by atoms with van der Waals surface area (Å²) in [5, 5.41) is 3.66. The first-order chi connectivity index (χ1) is 5.45. The fourth-order valence-electron chi connectivity index (χ4n) is 0.809. The summed E-state index contributed by atoms with van der Waals surface area (Å²) in [6.07, 6.45) is 1.08. The molecule has 0 bridgehead atoms. The maximum absolute atomic E-state index is 12.4. The fraction of sp³-hybridized carbons (Fsp3) is 0.400. The van der Waals surface area contributed by atoms with Crippen molar-refractivity contribution < 1.29 is 12.3 Å². The number of nitrogens with zero attached hydrogens (tertiary/aromatic N) is 2. The number of hydrogen-bond acceptors (Lipinski definition) is 3. The van der Waals surface area contributed by atoms with Crippen molar-refractivity contribution in [3.8, 4) is 0 Å². The molecule has 0 N–H and O–H groups in total. The van der Waals surface area contributed by atoms with E-state index in [0.29, 0.717) is 0 Å². The molecule has 0 unspecified atom stereocenters. The Bertz CT molecular complexity index is 386. The molecule has 1 heterocycles. The fourth-order valence-corrected chi connectivity index (χ4v) is 1.76. The molecule has 0 amide bonds. The first-order valence-electron chi connectivity index (χ1n) is 2.98. The normalized spacial score (nSPS) is 11.9. The highest BCUT2D eigenvalue weighted by atomic mass is 35.5. The molecular weight excluding hydrogens is 207 g/mol. The first-order valence-corrected chi connectivity index (χ1v) is 4.90. The van der Waals surface area contributed by atoms with Crippen LogP contribution in [0.2, 0.25) is 0 Å². The lowest BCUT2D eigenvalue weighted by molar-refractivity contribution is 0.551. The third kappa shape index (κ3) is 1.75. The summed E-state index contributed by atoms with van der Waals surface area (Å²) < 4.78 is 34.5. The van der Waals surface area contributed by atoms with Crippen LogP contribution in [0.3, 0.4) is 0 Å². The average molecular weight is 213 g/mol. The van der Waals surface area contributed by atoms with Gasteiger partial charge in [0.25, 0.3) is 0 Å². The molecule has 12 heavy (non-hydrogen) atoms. The molecule has 0 aliphatic carbocycles. The van der Waals surface area contributed by atoms with Crippen LogP contribution in [0.1, 0.15) is 5.69 Å². The molecule has 7 heteroatoms. The van der Waals surface area contributed by atoms with E-state index in [1.54, 1.807) is 0 Å². The Balaban J connectivity index is 3.33. The summed E-state index contributed by atoms with van der Waals surface area (Å²) >= 11 is 5.34. The summed E-state index contributed by atoms with van der Waals surface area (Å²) in [7, 11) is -3.20. The monoisotopic (exact) mass is 212 g/mol. The van der Waals surface area contributed by atoms with Gasteiger partial charge in [-0.15, -0.1) is 15.5 Å². The Morgan fingerprint density at radius 3 is 2.67 bits per heavy atom. The van der Waals surface area contributed by atoms with Crippen LogP contribution in [-0.2, 0) is 23.2 Å². The second-order valence-corrected chi connectivity index (χ2v) is 3.77. The zero-order valence-electron chi connectivity index (χ0n) is 6.16. The van der Waals surface area contributed by atoms with E-state index in [4.69, 9.17) is 11.6 Å². The third-order valence-corrected chi connectivity index (χ3v) is 2.38. The molecule has 0 fully saturated rings. The second-order valence-electron chi connectivity index (χ2n) is 2.19. The Morgan fingerprint density at radius 2 is 2.33 bits per heavy atom. The maximum atomic E-state index is 12.4. The predicted octanol–water partition coefficient (Wildman–Crippen LogP) is 0.817. The van der Waals surface area contributed by atoms with Gasteiger partial charge in [0, 0.05) is 13.2 Å². The van der Waals surface area contributed by atoms with Gasteiger partial charge in [-0.25, -0.2) is 0 Å². The van der Waals surface area contributed by atoms with Gasteiger partial charge in [0.15, 0.2) is 0 Å². The minimum absolute atomic E-state index is 0.0293. The summed E-state index contributed by atoms with van der Waals surface area (Å²) in [6, 6.07) is 0. The van der Waals surface area contributed by atoms with Crippen molar-refractivity contribution in [2.24, 2.45) is 7.05 Å². The molecule has 0 atom stereocenters. The molecule has 0 aliphatic heterocycles. The van der Waals surface area contributed by atoms with E-state index in [9.17, 15) is 12.3 Å². The minimum atomic E-state index is -4.69. The first kappa shape index (κ1) is 9.47. The lowest BCUT2D eigenvalue weighted by Gasteiger charge is -1.89. The topological polar surface area (TPSA) is 52.0 Å². The van der Waals surface area contributed by atoms with Gasteiger partial charge in [0.1, 0.15) is 4.90 Å². The van der Waals surface area contributed by atoms with Crippen LogP contribution in [0.15, 0.2) is 11.1 Å². The Morgan fingerprint density at radius 1 is 1.75 bits per heavy atom. The highest BCUT2D eigenvalue weighted by Crippen LogP contribution is 2.17. The van der Waals surface area contributed by atoms with Gasteiger partial charge < -0.3 is 0 Å². The standard InChI is InChI=1S/C5H6ClFN2O2S/c1-9-3-5(12(7,10)11)4(2-6)8-9/h3H,2H2,1H3. The minimum Gasteiger partial charge on any atom is -0.274 e. The van der Waals surface area contributed by atoms with Crippen molar-refractivity contribution in [2.45, 2.75) is 10.8 Å². The van der Waals surface area contributed by atoms with Gasteiger partial charge >= 0.3 is 10.2 Å². The lowest BCUT2D eigenvalue weighted by Crippen LogP contribution is -1.93. The second kappa shape index (κ2) is 3.02.